The SMILES string of the molecule is CC(C)OCc1ccccc1CC(=O)NCc1ccc(-c2ccc(=O)[nH]c2)cc1. The van der Waals surface area contributed by atoms with Crippen LogP contribution in [-0.4, -0.2) is 17.0 Å². The van der Waals surface area contributed by atoms with Gasteiger partial charge in [-0.05, 0) is 47.7 Å². The predicted molar refractivity (Wildman–Crippen MR) is 114 cm³/mol. The maximum Gasteiger partial charge on any atom is 0.247 e. The van der Waals surface area contributed by atoms with Crippen LogP contribution in [0, 0.1) is 0 Å². The molecule has 1 aromatic heterocycles. The zero-order valence-electron chi connectivity index (χ0n) is 16.8. The first-order chi connectivity index (χ1) is 14.0. The Balaban J connectivity index is 1.56. The number of amides is 1. The molecule has 1 amide bonds. The van der Waals surface area contributed by atoms with Crippen LogP contribution in [0.5, 0.6) is 0 Å². The summed E-state index contributed by atoms with van der Waals surface area (Å²) in [5.41, 5.74) is 4.88. The van der Waals surface area contributed by atoms with Gasteiger partial charge in [0.05, 0.1) is 19.1 Å². The van der Waals surface area contributed by atoms with Gasteiger partial charge in [0.1, 0.15) is 0 Å². The average Bonchev–Trinajstić information content (AvgIpc) is 2.72. The van der Waals surface area contributed by atoms with E-state index < -0.39 is 0 Å². The van der Waals surface area contributed by atoms with Crippen molar-refractivity contribution in [1.82, 2.24) is 10.3 Å². The highest BCUT2D eigenvalue weighted by Crippen LogP contribution is 2.18. The maximum absolute atomic E-state index is 12.4. The van der Waals surface area contributed by atoms with Crippen LogP contribution in [0.1, 0.15) is 30.5 Å². The quantitative estimate of drug-likeness (QED) is 0.614. The van der Waals surface area contributed by atoms with Gasteiger partial charge in [-0.1, -0.05) is 48.5 Å². The van der Waals surface area contributed by atoms with Crippen molar-refractivity contribution in [2.24, 2.45) is 0 Å². The summed E-state index contributed by atoms with van der Waals surface area (Å²) in [6.45, 7) is 4.97. The molecule has 0 aliphatic carbocycles. The summed E-state index contributed by atoms with van der Waals surface area (Å²) < 4.78 is 5.68. The second kappa shape index (κ2) is 9.85. The van der Waals surface area contributed by atoms with Crippen LogP contribution >= 0.6 is 0 Å². The zero-order chi connectivity index (χ0) is 20.6. The van der Waals surface area contributed by atoms with E-state index in [9.17, 15) is 9.59 Å². The van der Waals surface area contributed by atoms with Crippen LogP contribution in [0.15, 0.2) is 71.7 Å². The second-order valence-corrected chi connectivity index (χ2v) is 7.22. The fourth-order valence-electron chi connectivity index (χ4n) is 2.97. The van der Waals surface area contributed by atoms with E-state index in [2.05, 4.69) is 10.3 Å². The highest BCUT2D eigenvalue weighted by Gasteiger charge is 2.09. The second-order valence-electron chi connectivity index (χ2n) is 7.22. The highest BCUT2D eigenvalue weighted by atomic mass is 16.5. The third-order valence-electron chi connectivity index (χ3n) is 4.60. The normalized spacial score (nSPS) is 10.9. The largest absolute Gasteiger partial charge is 0.374 e. The molecule has 2 aromatic carbocycles. The molecule has 0 aliphatic heterocycles. The van der Waals surface area contributed by atoms with E-state index in [4.69, 9.17) is 4.74 Å². The Morgan fingerprint density at radius 2 is 1.66 bits per heavy atom. The third-order valence-corrected chi connectivity index (χ3v) is 4.60. The minimum Gasteiger partial charge on any atom is -0.374 e. The van der Waals surface area contributed by atoms with Gasteiger partial charge in [-0.25, -0.2) is 0 Å². The molecule has 29 heavy (non-hydrogen) atoms. The number of carbonyl (C=O) groups is 1. The van der Waals surface area contributed by atoms with Crippen molar-refractivity contribution in [3.05, 3.63) is 93.9 Å². The minimum absolute atomic E-state index is 0.0216. The molecule has 0 radical (unpaired) electrons. The van der Waals surface area contributed by atoms with E-state index >= 15 is 0 Å². The van der Waals surface area contributed by atoms with Gasteiger partial charge in [0, 0.05) is 18.8 Å². The monoisotopic (exact) mass is 390 g/mol. The number of aromatic nitrogens is 1. The van der Waals surface area contributed by atoms with Gasteiger partial charge in [0.2, 0.25) is 11.5 Å². The smallest absolute Gasteiger partial charge is 0.247 e. The van der Waals surface area contributed by atoms with Crippen LogP contribution in [0.2, 0.25) is 0 Å². The molecule has 5 heteroatoms. The Hall–Kier alpha value is -3.18. The van der Waals surface area contributed by atoms with Gasteiger partial charge in [0.15, 0.2) is 0 Å². The molecule has 0 atom stereocenters. The molecule has 3 rings (SSSR count). The Morgan fingerprint density at radius 1 is 0.966 bits per heavy atom. The molecule has 150 valence electrons. The molecule has 5 nitrogen and oxygen atoms in total. The van der Waals surface area contributed by atoms with Crippen molar-refractivity contribution in [1.29, 1.82) is 0 Å². The van der Waals surface area contributed by atoms with E-state index in [1.165, 1.54) is 6.07 Å². The van der Waals surface area contributed by atoms with E-state index in [-0.39, 0.29) is 17.6 Å². The Kier molecular flexibility index (Phi) is 6.98. The number of rotatable bonds is 8. The van der Waals surface area contributed by atoms with E-state index in [0.717, 1.165) is 27.8 Å². The van der Waals surface area contributed by atoms with Crippen LogP contribution in [0.4, 0.5) is 0 Å². The number of H-pyrrole nitrogens is 1. The van der Waals surface area contributed by atoms with Crippen molar-refractivity contribution in [2.45, 2.75) is 39.5 Å². The molecular formula is C24H26N2O3. The molecule has 0 unspecified atom stereocenters. The fraction of sp³-hybridized carbons (Fsp3) is 0.250. The third kappa shape index (κ3) is 6.16. The Bertz CT molecular complexity index is 987. The Labute approximate surface area is 170 Å². The molecule has 3 aromatic rings. The number of aromatic amines is 1. The Morgan fingerprint density at radius 3 is 2.31 bits per heavy atom. The predicted octanol–water partition coefficient (Wildman–Crippen LogP) is 3.83. The lowest BCUT2D eigenvalue weighted by Crippen LogP contribution is -2.25. The topological polar surface area (TPSA) is 71.2 Å². The first-order valence-electron chi connectivity index (χ1n) is 9.74. The molecule has 1 heterocycles. The summed E-state index contributed by atoms with van der Waals surface area (Å²) in [4.78, 5) is 26.3. The van der Waals surface area contributed by atoms with Crippen molar-refractivity contribution < 1.29 is 9.53 Å². The van der Waals surface area contributed by atoms with Gasteiger partial charge in [-0.15, -0.1) is 0 Å². The summed E-state index contributed by atoms with van der Waals surface area (Å²) in [5.74, 6) is -0.0216. The van der Waals surface area contributed by atoms with Crippen LogP contribution < -0.4 is 10.9 Å². The molecule has 0 spiro atoms. The molecule has 0 aliphatic rings. The number of carbonyl (C=O) groups excluding carboxylic acids is 1. The van der Waals surface area contributed by atoms with E-state index in [0.29, 0.717) is 19.6 Å². The van der Waals surface area contributed by atoms with E-state index in [1.807, 2.05) is 62.4 Å². The standard InChI is InChI=1S/C24H26N2O3/c1-17(2)29-16-22-6-4-3-5-20(22)13-24(28)25-14-18-7-9-19(10-8-18)21-11-12-23(27)26-15-21/h3-12,15,17H,13-14,16H2,1-2H3,(H,25,28)(H,26,27). The lowest BCUT2D eigenvalue weighted by atomic mass is 10.0. The summed E-state index contributed by atoms with van der Waals surface area (Å²) in [6, 6.07) is 19.1. The molecule has 0 bridgehead atoms. The average molecular weight is 390 g/mol. The van der Waals surface area contributed by atoms with Gasteiger partial charge in [-0.3, -0.25) is 9.59 Å². The number of hydrogen-bond acceptors (Lipinski definition) is 3. The first kappa shape index (κ1) is 20.6. The molecule has 0 saturated carbocycles. The van der Waals surface area contributed by atoms with Crippen LogP contribution in [0.25, 0.3) is 11.1 Å². The molecule has 0 saturated heterocycles. The minimum atomic E-state index is -0.120. The van der Waals surface area contributed by atoms with Gasteiger partial charge in [0.25, 0.3) is 0 Å². The van der Waals surface area contributed by atoms with Crippen LogP contribution in [0.3, 0.4) is 0 Å². The summed E-state index contributed by atoms with van der Waals surface area (Å²) >= 11 is 0. The van der Waals surface area contributed by atoms with Crippen molar-refractivity contribution in [3.63, 3.8) is 0 Å². The number of pyridine rings is 1. The number of ether oxygens (including phenoxy) is 1. The number of benzene rings is 2. The van der Waals surface area contributed by atoms with Gasteiger partial charge >= 0.3 is 0 Å². The molecular weight excluding hydrogens is 364 g/mol. The fourth-order valence-corrected chi connectivity index (χ4v) is 2.97. The highest BCUT2D eigenvalue weighted by molar-refractivity contribution is 5.79. The molecule has 0 fully saturated rings. The lowest BCUT2D eigenvalue weighted by molar-refractivity contribution is -0.120. The van der Waals surface area contributed by atoms with Crippen LogP contribution in [-0.2, 0) is 29.1 Å². The van der Waals surface area contributed by atoms with E-state index in [1.54, 1.807) is 12.3 Å². The zero-order valence-corrected chi connectivity index (χ0v) is 16.8. The first-order valence-corrected chi connectivity index (χ1v) is 9.74. The molecule has 2 N–H and O–H groups in total. The number of nitrogens with one attached hydrogen (secondary N) is 2. The lowest BCUT2D eigenvalue weighted by Gasteiger charge is -2.12. The van der Waals surface area contributed by atoms with Crippen molar-refractivity contribution in [2.75, 3.05) is 0 Å². The maximum atomic E-state index is 12.4. The summed E-state index contributed by atoms with van der Waals surface area (Å²) in [6.07, 6.45) is 2.17. The van der Waals surface area contributed by atoms with Gasteiger partial charge in [-0.2, -0.15) is 0 Å². The van der Waals surface area contributed by atoms with Gasteiger partial charge < -0.3 is 15.0 Å². The number of hydrogen-bond donors (Lipinski definition) is 2. The summed E-state index contributed by atoms with van der Waals surface area (Å²) in [5, 5.41) is 2.98. The summed E-state index contributed by atoms with van der Waals surface area (Å²) in [7, 11) is 0. The van der Waals surface area contributed by atoms with Crippen molar-refractivity contribution in [3.8, 4) is 11.1 Å². The van der Waals surface area contributed by atoms with Crippen molar-refractivity contribution >= 4 is 5.91 Å².